The van der Waals surface area contributed by atoms with E-state index in [0.29, 0.717) is 11.1 Å². The van der Waals surface area contributed by atoms with Crippen LogP contribution in [0, 0.1) is 6.92 Å². The number of carboxylic acids is 1. The number of aromatic nitrogens is 2. The number of nitrogens with zero attached hydrogens (tertiary/aromatic N) is 2. The predicted molar refractivity (Wildman–Crippen MR) is 135 cm³/mol. The molecule has 0 unspecified atom stereocenters. The minimum Gasteiger partial charge on any atom is -0.478 e. The van der Waals surface area contributed by atoms with Gasteiger partial charge < -0.3 is 10.4 Å². The number of anilines is 1. The minimum absolute atomic E-state index is 0.0321. The van der Waals surface area contributed by atoms with Gasteiger partial charge in [-0.25, -0.2) is 22.6 Å². The van der Waals surface area contributed by atoms with E-state index in [9.17, 15) is 22.8 Å². The van der Waals surface area contributed by atoms with Crippen molar-refractivity contribution in [3.05, 3.63) is 85.8 Å². The summed E-state index contributed by atoms with van der Waals surface area (Å²) in [7, 11) is -3.95. The second-order valence-corrected chi connectivity index (χ2v) is 10.4. The highest BCUT2D eigenvalue weighted by Gasteiger charge is 2.22. The van der Waals surface area contributed by atoms with E-state index in [0.717, 1.165) is 10.9 Å². The fourth-order valence-electron chi connectivity index (χ4n) is 3.29. The lowest BCUT2D eigenvalue weighted by Gasteiger charge is -2.16. The van der Waals surface area contributed by atoms with Crippen molar-refractivity contribution in [3.63, 3.8) is 0 Å². The summed E-state index contributed by atoms with van der Waals surface area (Å²) in [5.41, 5.74) is 0.679. The topological polar surface area (TPSA) is 147 Å². The smallest absolute Gasteiger partial charge is 0.335 e. The number of halogens is 2. The molecule has 0 aliphatic rings. The van der Waals surface area contributed by atoms with Crippen molar-refractivity contribution < 1.29 is 23.1 Å². The number of benzene rings is 2. The molecule has 1 aromatic heterocycles. The first kappa shape index (κ1) is 27.3. The van der Waals surface area contributed by atoms with Crippen molar-refractivity contribution in [2.24, 2.45) is 0 Å². The Bertz CT molecular complexity index is 1490. The number of carboxylic acid groups (broad SMARTS) is 1. The molecule has 0 saturated heterocycles. The summed E-state index contributed by atoms with van der Waals surface area (Å²) < 4.78 is 29.2. The fraction of sp³-hybridized carbons (Fsp3) is 0.217. The van der Waals surface area contributed by atoms with Gasteiger partial charge in [-0.1, -0.05) is 41.4 Å². The Morgan fingerprint density at radius 1 is 1.17 bits per heavy atom. The van der Waals surface area contributed by atoms with Crippen molar-refractivity contribution in [2.75, 3.05) is 11.9 Å². The van der Waals surface area contributed by atoms with Crippen LogP contribution in [0.4, 0.5) is 5.69 Å². The third-order valence-corrected chi connectivity index (χ3v) is 7.62. The van der Waals surface area contributed by atoms with Crippen molar-refractivity contribution in [1.82, 2.24) is 14.5 Å². The van der Waals surface area contributed by atoms with E-state index in [1.54, 1.807) is 19.1 Å². The molecule has 0 aliphatic carbocycles. The van der Waals surface area contributed by atoms with Crippen molar-refractivity contribution in [3.8, 4) is 0 Å². The van der Waals surface area contributed by atoms with E-state index in [-0.39, 0.29) is 39.2 Å². The summed E-state index contributed by atoms with van der Waals surface area (Å²) in [5.74, 6) is -1.69. The highest BCUT2D eigenvalue weighted by molar-refractivity contribution is 7.89. The summed E-state index contributed by atoms with van der Waals surface area (Å²) in [6.07, 6.45) is 1.42. The van der Waals surface area contributed by atoms with E-state index in [2.05, 4.69) is 15.1 Å². The molecule has 0 radical (unpaired) electrons. The van der Waals surface area contributed by atoms with E-state index in [1.807, 2.05) is 0 Å². The highest BCUT2D eigenvalue weighted by atomic mass is 35.5. The lowest BCUT2D eigenvalue weighted by molar-refractivity contribution is -0.119. The number of carbonyl (C=O) groups excluding carboxylic acids is 1. The first-order chi connectivity index (χ1) is 16.9. The molecule has 3 N–H and O–H groups in total. The van der Waals surface area contributed by atoms with Crippen LogP contribution >= 0.6 is 23.2 Å². The Morgan fingerprint density at radius 3 is 2.58 bits per heavy atom. The molecule has 13 heteroatoms. The second-order valence-electron chi connectivity index (χ2n) is 7.86. The maximum absolute atomic E-state index is 12.9. The van der Waals surface area contributed by atoms with Gasteiger partial charge >= 0.3 is 5.97 Å². The van der Waals surface area contributed by atoms with E-state index < -0.39 is 33.5 Å². The highest BCUT2D eigenvalue weighted by Crippen LogP contribution is 2.22. The molecule has 36 heavy (non-hydrogen) atoms. The number of carbonyl (C=O) groups is 2. The standard InChI is InChI=1S/C23H22Cl2N4O6S/c1-13-6-7-17(28-21(30)14(2)29-22(31)20(25)18(24)12-26-29)11-19(13)36(34,35)27-9-8-15-4-3-5-16(10-15)23(32)33/h3-7,10-12,14,27H,8-9H2,1-2H3,(H,28,30)(H,32,33)/t14-/m1/s1. The van der Waals surface area contributed by atoms with Gasteiger partial charge in [0.25, 0.3) is 5.56 Å². The third kappa shape index (κ3) is 6.30. The van der Waals surface area contributed by atoms with Crippen LogP contribution in [0.15, 0.2) is 58.4 Å². The Kier molecular flexibility index (Phi) is 8.51. The van der Waals surface area contributed by atoms with Gasteiger partial charge in [0.2, 0.25) is 15.9 Å². The quantitative estimate of drug-likeness (QED) is 0.369. The van der Waals surface area contributed by atoms with Crippen LogP contribution in [0.3, 0.4) is 0 Å². The zero-order chi connectivity index (χ0) is 26.6. The summed E-state index contributed by atoms with van der Waals surface area (Å²) in [6.45, 7) is 3.07. The largest absolute Gasteiger partial charge is 0.478 e. The summed E-state index contributed by atoms with van der Waals surface area (Å²) in [4.78, 5) is 36.0. The Labute approximate surface area is 216 Å². The molecule has 2 aromatic carbocycles. The molecule has 3 aromatic rings. The first-order valence-corrected chi connectivity index (χ1v) is 12.8. The number of sulfonamides is 1. The predicted octanol–water partition coefficient (Wildman–Crippen LogP) is 3.28. The number of nitrogens with one attached hydrogen (secondary N) is 2. The molecule has 190 valence electrons. The van der Waals surface area contributed by atoms with E-state index in [1.165, 1.54) is 37.3 Å². The summed E-state index contributed by atoms with van der Waals surface area (Å²) >= 11 is 11.6. The van der Waals surface area contributed by atoms with Crippen LogP contribution in [0.25, 0.3) is 0 Å². The maximum atomic E-state index is 12.9. The van der Waals surface area contributed by atoms with Crippen molar-refractivity contribution in [1.29, 1.82) is 0 Å². The van der Waals surface area contributed by atoms with Gasteiger partial charge in [-0.05, 0) is 55.7 Å². The summed E-state index contributed by atoms with van der Waals surface area (Å²) in [6, 6.07) is 9.53. The van der Waals surface area contributed by atoms with E-state index in [4.69, 9.17) is 28.3 Å². The van der Waals surface area contributed by atoms with Crippen LogP contribution < -0.4 is 15.6 Å². The monoisotopic (exact) mass is 552 g/mol. The average molecular weight is 553 g/mol. The SMILES string of the molecule is Cc1ccc(NC(=O)[C@@H](C)n2ncc(Cl)c(Cl)c2=O)cc1S(=O)(=O)NCCc1cccc(C(=O)O)c1. The fourth-order valence-corrected chi connectivity index (χ4v) is 4.85. The average Bonchev–Trinajstić information content (AvgIpc) is 2.83. The molecule has 0 saturated carbocycles. The summed E-state index contributed by atoms with van der Waals surface area (Å²) in [5, 5.41) is 15.2. The van der Waals surface area contributed by atoms with Crippen LogP contribution in [0.5, 0.6) is 0 Å². The molecule has 0 fully saturated rings. The third-order valence-electron chi connectivity index (χ3n) is 5.27. The second kappa shape index (κ2) is 11.2. The molecular formula is C23H22Cl2N4O6S. The Hall–Kier alpha value is -3.25. The Morgan fingerprint density at radius 2 is 1.89 bits per heavy atom. The van der Waals surface area contributed by atoms with Gasteiger partial charge in [0.15, 0.2) is 0 Å². The van der Waals surface area contributed by atoms with Crippen molar-refractivity contribution >= 4 is 50.8 Å². The van der Waals surface area contributed by atoms with Gasteiger partial charge in [-0.3, -0.25) is 9.59 Å². The van der Waals surface area contributed by atoms with Crippen molar-refractivity contribution in [2.45, 2.75) is 31.2 Å². The minimum atomic E-state index is -3.95. The van der Waals surface area contributed by atoms with Gasteiger partial charge in [-0.15, -0.1) is 0 Å². The van der Waals surface area contributed by atoms with Gasteiger partial charge in [0, 0.05) is 12.2 Å². The number of aryl methyl sites for hydroxylation is 1. The molecular weight excluding hydrogens is 531 g/mol. The zero-order valence-corrected chi connectivity index (χ0v) is 21.5. The Balaban J connectivity index is 1.73. The molecule has 1 amide bonds. The van der Waals surface area contributed by atoms with Gasteiger partial charge in [0.05, 0.1) is 21.7 Å². The van der Waals surface area contributed by atoms with Crippen LogP contribution in [-0.2, 0) is 21.2 Å². The number of rotatable bonds is 9. The number of amides is 1. The molecule has 1 atom stereocenters. The zero-order valence-electron chi connectivity index (χ0n) is 19.2. The lowest BCUT2D eigenvalue weighted by atomic mass is 10.1. The maximum Gasteiger partial charge on any atom is 0.335 e. The number of hydrogen-bond acceptors (Lipinski definition) is 6. The molecule has 10 nitrogen and oxygen atoms in total. The molecule has 1 heterocycles. The van der Waals surface area contributed by atoms with Gasteiger partial charge in [0.1, 0.15) is 11.1 Å². The molecule has 0 aliphatic heterocycles. The van der Waals surface area contributed by atoms with Crippen LogP contribution in [0.1, 0.15) is 34.5 Å². The van der Waals surface area contributed by atoms with Crippen LogP contribution in [0.2, 0.25) is 10.0 Å². The number of aromatic carboxylic acids is 1. The molecule has 3 rings (SSSR count). The normalized spacial score (nSPS) is 12.2. The van der Waals surface area contributed by atoms with Gasteiger partial charge in [-0.2, -0.15) is 5.10 Å². The first-order valence-electron chi connectivity index (χ1n) is 10.6. The molecule has 0 bridgehead atoms. The molecule has 0 spiro atoms. The van der Waals surface area contributed by atoms with E-state index >= 15 is 0 Å². The number of hydrogen-bond donors (Lipinski definition) is 3. The lowest BCUT2D eigenvalue weighted by Crippen LogP contribution is -2.33. The van der Waals surface area contributed by atoms with Crippen LogP contribution in [-0.4, -0.2) is 41.7 Å².